The third-order valence-corrected chi connectivity index (χ3v) is 3.67. The maximum atomic E-state index is 11.9. The van der Waals surface area contributed by atoms with Crippen molar-refractivity contribution < 1.29 is 4.79 Å². The van der Waals surface area contributed by atoms with Crippen LogP contribution in [0, 0.1) is 0 Å². The van der Waals surface area contributed by atoms with Crippen molar-refractivity contribution in [3.8, 4) is 0 Å². The second kappa shape index (κ2) is 7.47. The van der Waals surface area contributed by atoms with E-state index < -0.39 is 0 Å². The molecule has 0 amide bonds. The van der Waals surface area contributed by atoms with Crippen LogP contribution in [0.3, 0.4) is 0 Å². The molecule has 0 aliphatic heterocycles. The highest BCUT2D eigenvalue weighted by Gasteiger charge is 2.04. The Morgan fingerprint density at radius 1 is 0.800 bits per heavy atom. The quantitative estimate of drug-likeness (QED) is 0.723. The Morgan fingerprint density at radius 3 is 2.10 bits per heavy atom. The second-order valence-electron chi connectivity index (χ2n) is 4.80. The Bertz CT molecular complexity index is 576. The fourth-order valence-corrected chi connectivity index (χ4v) is 2.37. The van der Waals surface area contributed by atoms with Gasteiger partial charge >= 0.3 is 0 Å². The lowest BCUT2D eigenvalue weighted by molar-refractivity contribution is -0.119. The lowest BCUT2D eigenvalue weighted by Gasteiger charge is -2.03. The van der Waals surface area contributed by atoms with Crippen molar-refractivity contribution in [3.63, 3.8) is 0 Å². The van der Waals surface area contributed by atoms with Crippen molar-refractivity contribution >= 4 is 29.0 Å². The molecule has 0 heterocycles. The van der Waals surface area contributed by atoms with Gasteiger partial charge in [-0.15, -0.1) is 0 Å². The normalized spacial score (nSPS) is 10.5. The Morgan fingerprint density at radius 2 is 1.45 bits per heavy atom. The Balaban J connectivity index is 1.77. The van der Waals surface area contributed by atoms with E-state index >= 15 is 0 Å². The predicted molar refractivity (Wildman–Crippen MR) is 84.6 cm³/mol. The first kappa shape index (κ1) is 15.1. The first-order valence-corrected chi connectivity index (χ1v) is 7.39. The van der Waals surface area contributed by atoms with Crippen LogP contribution < -0.4 is 0 Å². The smallest absolute Gasteiger partial charge is 0.133 e. The summed E-state index contributed by atoms with van der Waals surface area (Å²) in [7, 11) is 0. The second-order valence-corrected chi connectivity index (χ2v) is 5.67. The van der Waals surface area contributed by atoms with E-state index in [0.717, 1.165) is 34.0 Å². The SMILES string of the molecule is O=C(CCc1ccc(Cl)cc1)CCc1cccc(Cl)c1. The number of ketones is 1. The van der Waals surface area contributed by atoms with E-state index in [0.29, 0.717) is 12.8 Å². The number of carbonyl (C=O) groups excluding carboxylic acids is 1. The number of halogens is 2. The molecule has 0 bridgehead atoms. The number of carbonyl (C=O) groups is 1. The summed E-state index contributed by atoms with van der Waals surface area (Å²) in [5, 5.41) is 1.44. The van der Waals surface area contributed by atoms with Crippen molar-refractivity contribution in [2.75, 3.05) is 0 Å². The van der Waals surface area contributed by atoms with E-state index in [9.17, 15) is 4.79 Å². The molecule has 20 heavy (non-hydrogen) atoms. The van der Waals surface area contributed by atoms with Gasteiger partial charge in [0.15, 0.2) is 0 Å². The lowest BCUT2D eigenvalue weighted by Crippen LogP contribution is -2.02. The van der Waals surface area contributed by atoms with Crippen molar-refractivity contribution in [2.45, 2.75) is 25.7 Å². The molecule has 0 fully saturated rings. The molecular formula is C17H16Cl2O. The average Bonchev–Trinajstić information content (AvgIpc) is 2.45. The Labute approximate surface area is 129 Å². The summed E-state index contributed by atoms with van der Waals surface area (Å²) in [6.45, 7) is 0. The first-order chi connectivity index (χ1) is 9.63. The molecule has 0 radical (unpaired) electrons. The molecular weight excluding hydrogens is 291 g/mol. The van der Waals surface area contributed by atoms with Gasteiger partial charge in [0.05, 0.1) is 0 Å². The van der Waals surface area contributed by atoms with Gasteiger partial charge in [0, 0.05) is 22.9 Å². The topological polar surface area (TPSA) is 17.1 Å². The van der Waals surface area contributed by atoms with E-state index in [4.69, 9.17) is 23.2 Å². The van der Waals surface area contributed by atoms with Crippen LogP contribution in [0.4, 0.5) is 0 Å². The standard InChI is InChI=1S/C17H16Cl2O/c18-15-8-4-13(5-9-15)6-10-17(20)11-7-14-2-1-3-16(19)12-14/h1-5,8-9,12H,6-7,10-11H2. The van der Waals surface area contributed by atoms with E-state index in [1.165, 1.54) is 0 Å². The van der Waals surface area contributed by atoms with E-state index in [1.807, 2.05) is 48.5 Å². The van der Waals surface area contributed by atoms with Gasteiger partial charge < -0.3 is 0 Å². The first-order valence-electron chi connectivity index (χ1n) is 6.64. The number of aryl methyl sites for hydroxylation is 2. The summed E-state index contributed by atoms with van der Waals surface area (Å²) in [4.78, 5) is 11.9. The summed E-state index contributed by atoms with van der Waals surface area (Å²) in [6, 6.07) is 15.3. The number of hydrogen-bond acceptors (Lipinski definition) is 1. The molecule has 0 N–H and O–H groups in total. The lowest BCUT2D eigenvalue weighted by atomic mass is 10.0. The predicted octanol–water partition coefficient (Wildman–Crippen LogP) is 5.13. The fourth-order valence-electron chi connectivity index (χ4n) is 2.04. The van der Waals surface area contributed by atoms with Gasteiger partial charge in [-0.1, -0.05) is 47.5 Å². The average molecular weight is 307 g/mol. The summed E-state index contributed by atoms with van der Waals surface area (Å²) in [5.41, 5.74) is 2.25. The van der Waals surface area contributed by atoms with Crippen LogP contribution in [0.5, 0.6) is 0 Å². The maximum Gasteiger partial charge on any atom is 0.133 e. The molecule has 2 rings (SSSR count). The fraction of sp³-hybridized carbons (Fsp3) is 0.235. The number of rotatable bonds is 6. The van der Waals surface area contributed by atoms with Crippen molar-refractivity contribution in [1.82, 2.24) is 0 Å². The third-order valence-electron chi connectivity index (χ3n) is 3.19. The minimum Gasteiger partial charge on any atom is -0.300 e. The zero-order valence-electron chi connectivity index (χ0n) is 11.1. The van der Waals surface area contributed by atoms with Crippen molar-refractivity contribution in [2.24, 2.45) is 0 Å². The van der Waals surface area contributed by atoms with Crippen LogP contribution in [-0.4, -0.2) is 5.78 Å². The molecule has 2 aromatic carbocycles. The highest BCUT2D eigenvalue weighted by molar-refractivity contribution is 6.30. The number of Topliss-reactive ketones (excluding diaryl/α,β-unsaturated/α-hetero) is 1. The molecule has 0 aromatic heterocycles. The van der Waals surface area contributed by atoms with Gasteiger partial charge in [-0.25, -0.2) is 0 Å². The van der Waals surface area contributed by atoms with Crippen LogP contribution in [0.2, 0.25) is 10.0 Å². The van der Waals surface area contributed by atoms with Crippen LogP contribution in [-0.2, 0) is 17.6 Å². The van der Waals surface area contributed by atoms with Gasteiger partial charge in [-0.3, -0.25) is 4.79 Å². The van der Waals surface area contributed by atoms with Crippen LogP contribution in [0.25, 0.3) is 0 Å². The van der Waals surface area contributed by atoms with E-state index in [-0.39, 0.29) is 5.78 Å². The minimum atomic E-state index is 0.278. The zero-order chi connectivity index (χ0) is 14.4. The molecule has 1 nitrogen and oxygen atoms in total. The van der Waals surface area contributed by atoms with Gasteiger partial charge in [0.2, 0.25) is 0 Å². The molecule has 0 spiro atoms. The molecule has 0 atom stereocenters. The molecule has 0 unspecified atom stereocenters. The summed E-state index contributed by atoms with van der Waals surface area (Å²) in [5.74, 6) is 0.278. The number of hydrogen-bond donors (Lipinski definition) is 0. The van der Waals surface area contributed by atoms with Gasteiger partial charge in [0.25, 0.3) is 0 Å². The highest BCUT2D eigenvalue weighted by Crippen LogP contribution is 2.14. The molecule has 0 saturated carbocycles. The molecule has 0 saturated heterocycles. The number of benzene rings is 2. The van der Waals surface area contributed by atoms with Gasteiger partial charge in [0.1, 0.15) is 5.78 Å². The molecule has 2 aromatic rings. The van der Waals surface area contributed by atoms with Crippen molar-refractivity contribution in [1.29, 1.82) is 0 Å². The van der Waals surface area contributed by atoms with Crippen LogP contribution in [0.1, 0.15) is 24.0 Å². The van der Waals surface area contributed by atoms with E-state index in [1.54, 1.807) is 0 Å². The summed E-state index contributed by atoms with van der Waals surface area (Å²) >= 11 is 11.7. The molecule has 104 valence electrons. The van der Waals surface area contributed by atoms with Gasteiger partial charge in [-0.05, 0) is 48.2 Å². The monoisotopic (exact) mass is 306 g/mol. The van der Waals surface area contributed by atoms with Gasteiger partial charge in [-0.2, -0.15) is 0 Å². The van der Waals surface area contributed by atoms with Crippen LogP contribution in [0.15, 0.2) is 48.5 Å². The highest BCUT2D eigenvalue weighted by atomic mass is 35.5. The van der Waals surface area contributed by atoms with E-state index in [2.05, 4.69) is 0 Å². The molecule has 3 heteroatoms. The Kier molecular flexibility index (Phi) is 5.63. The van der Waals surface area contributed by atoms with Crippen LogP contribution >= 0.6 is 23.2 Å². The Hall–Kier alpha value is -1.31. The van der Waals surface area contributed by atoms with Crippen molar-refractivity contribution in [3.05, 3.63) is 69.7 Å². The summed E-state index contributed by atoms with van der Waals surface area (Å²) < 4.78 is 0. The summed E-state index contributed by atoms with van der Waals surface area (Å²) in [6.07, 6.45) is 2.65. The molecule has 0 aliphatic rings. The zero-order valence-corrected chi connectivity index (χ0v) is 12.6. The minimum absolute atomic E-state index is 0.278. The maximum absolute atomic E-state index is 11.9. The molecule has 0 aliphatic carbocycles. The third kappa shape index (κ3) is 4.99. The largest absolute Gasteiger partial charge is 0.300 e.